The molecule has 1 aromatic rings. The van der Waals surface area contributed by atoms with Crippen LogP contribution in [0.4, 0.5) is 0 Å². The summed E-state index contributed by atoms with van der Waals surface area (Å²) in [5, 5.41) is 2.95. The van der Waals surface area contributed by atoms with Gasteiger partial charge in [-0.2, -0.15) is 0 Å². The van der Waals surface area contributed by atoms with Crippen LogP contribution in [0.15, 0.2) is 22.7 Å². The minimum atomic E-state index is -0.779. The molecule has 3 rings (SSSR count). The van der Waals surface area contributed by atoms with Crippen molar-refractivity contribution in [2.24, 2.45) is 0 Å². The number of nitrogens with one attached hydrogen (secondary N) is 1. The quantitative estimate of drug-likeness (QED) is 0.899. The van der Waals surface area contributed by atoms with Crippen LogP contribution in [0.5, 0.6) is 5.75 Å². The number of carbonyl (C=O) groups excluding carboxylic acids is 1. The molecule has 2 aliphatic rings. The van der Waals surface area contributed by atoms with Crippen molar-refractivity contribution in [1.82, 2.24) is 5.32 Å². The lowest BCUT2D eigenvalue weighted by molar-refractivity contribution is -0.147. The van der Waals surface area contributed by atoms with E-state index in [-0.39, 0.29) is 11.9 Å². The predicted octanol–water partition coefficient (Wildman–Crippen LogP) is 1.76. The van der Waals surface area contributed by atoms with Gasteiger partial charge < -0.3 is 19.5 Å². The van der Waals surface area contributed by atoms with Gasteiger partial charge in [-0.25, -0.2) is 0 Å². The first-order valence-electron chi connectivity index (χ1n) is 6.20. The van der Waals surface area contributed by atoms with E-state index >= 15 is 0 Å². The summed E-state index contributed by atoms with van der Waals surface area (Å²) in [5.74, 6) is 0.586. The van der Waals surface area contributed by atoms with Crippen molar-refractivity contribution in [3.05, 3.63) is 28.2 Å². The minimum absolute atomic E-state index is 0.0680. The molecule has 5 nitrogen and oxygen atoms in total. The molecule has 1 aromatic carbocycles. The van der Waals surface area contributed by atoms with E-state index in [4.69, 9.17) is 14.2 Å². The fraction of sp³-hybridized carbons (Fsp3) is 0.462. The van der Waals surface area contributed by atoms with Crippen LogP contribution in [0.2, 0.25) is 0 Å². The highest BCUT2D eigenvalue weighted by molar-refractivity contribution is 9.10. The number of hydrogen-bond acceptors (Lipinski definition) is 4. The van der Waals surface area contributed by atoms with Gasteiger partial charge in [0.1, 0.15) is 5.75 Å². The molecule has 1 N–H and O–H groups in total. The van der Waals surface area contributed by atoms with E-state index in [0.29, 0.717) is 19.8 Å². The zero-order valence-corrected chi connectivity index (χ0v) is 11.8. The second-order valence-electron chi connectivity index (χ2n) is 4.45. The Morgan fingerprint density at radius 2 is 2.05 bits per heavy atom. The van der Waals surface area contributed by atoms with Crippen LogP contribution in [-0.4, -0.2) is 32.0 Å². The molecule has 6 heteroatoms. The smallest absolute Gasteiger partial charge is 0.277 e. The van der Waals surface area contributed by atoms with Crippen LogP contribution in [0.1, 0.15) is 18.0 Å². The van der Waals surface area contributed by atoms with Gasteiger partial charge in [0, 0.05) is 16.5 Å². The highest BCUT2D eigenvalue weighted by atomic mass is 79.9. The van der Waals surface area contributed by atoms with Crippen molar-refractivity contribution in [1.29, 1.82) is 0 Å². The van der Waals surface area contributed by atoms with Crippen LogP contribution < -0.4 is 10.1 Å². The molecule has 0 spiro atoms. The van der Waals surface area contributed by atoms with E-state index in [1.165, 1.54) is 0 Å². The number of hydrogen-bond donors (Lipinski definition) is 1. The van der Waals surface area contributed by atoms with Crippen molar-refractivity contribution >= 4 is 21.8 Å². The molecule has 19 heavy (non-hydrogen) atoms. The van der Waals surface area contributed by atoms with Gasteiger partial charge in [0.05, 0.1) is 25.9 Å². The van der Waals surface area contributed by atoms with Crippen molar-refractivity contribution in [3.63, 3.8) is 0 Å². The van der Waals surface area contributed by atoms with Crippen LogP contribution in [0.25, 0.3) is 0 Å². The molecule has 102 valence electrons. The predicted molar refractivity (Wildman–Crippen MR) is 70.8 cm³/mol. The number of fused-ring (bicyclic) bond motifs is 1. The van der Waals surface area contributed by atoms with Gasteiger partial charge in [-0.15, -0.1) is 0 Å². The average molecular weight is 328 g/mol. The zero-order chi connectivity index (χ0) is 13.2. The second-order valence-corrected chi connectivity index (χ2v) is 5.37. The molecular weight excluding hydrogens is 314 g/mol. The van der Waals surface area contributed by atoms with E-state index in [0.717, 1.165) is 22.2 Å². The first-order valence-corrected chi connectivity index (χ1v) is 6.99. The maximum Gasteiger partial charge on any atom is 0.277 e. The third-order valence-electron chi connectivity index (χ3n) is 3.16. The minimum Gasteiger partial charge on any atom is -0.493 e. The molecule has 1 amide bonds. The maximum absolute atomic E-state index is 12.0. The number of carbonyl (C=O) groups is 1. The fourth-order valence-electron chi connectivity index (χ4n) is 2.26. The molecule has 1 atom stereocenters. The molecule has 1 fully saturated rings. The van der Waals surface area contributed by atoms with Crippen molar-refractivity contribution < 1.29 is 19.0 Å². The summed E-state index contributed by atoms with van der Waals surface area (Å²) in [4.78, 5) is 12.0. The van der Waals surface area contributed by atoms with Gasteiger partial charge in [0.25, 0.3) is 5.91 Å². The summed E-state index contributed by atoms with van der Waals surface area (Å²) in [7, 11) is 0. The van der Waals surface area contributed by atoms with Crippen LogP contribution in [0.3, 0.4) is 0 Å². The molecule has 0 radical (unpaired) electrons. The van der Waals surface area contributed by atoms with Crippen molar-refractivity contribution in [3.8, 4) is 5.75 Å². The molecule has 1 saturated heterocycles. The standard InChI is InChI=1S/C13H14BrNO4/c14-8-1-2-11-9(7-8)10(3-4-17-11)15-12(16)13-18-5-6-19-13/h1-2,7,10,13H,3-6H2,(H,15,16)/t10-/m0/s1. The molecule has 2 heterocycles. The summed E-state index contributed by atoms with van der Waals surface area (Å²) < 4.78 is 16.9. The third kappa shape index (κ3) is 2.75. The Kier molecular flexibility index (Phi) is 3.72. The molecule has 2 aliphatic heterocycles. The van der Waals surface area contributed by atoms with Crippen LogP contribution >= 0.6 is 15.9 Å². The average Bonchev–Trinajstić information content (AvgIpc) is 2.93. The number of rotatable bonds is 2. The van der Waals surface area contributed by atoms with Crippen molar-refractivity contribution in [2.45, 2.75) is 18.8 Å². The molecule has 0 unspecified atom stereocenters. The first-order chi connectivity index (χ1) is 9.24. The Hall–Kier alpha value is -1.11. The summed E-state index contributed by atoms with van der Waals surface area (Å²) in [6, 6.07) is 5.73. The molecule has 0 aromatic heterocycles. The SMILES string of the molecule is O=C(N[C@H]1CCOc2ccc(Br)cc21)C1OCCO1. The number of benzene rings is 1. The lowest BCUT2D eigenvalue weighted by atomic mass is 10.0. The summed E-state index contributed by atoms with van der Waals surface area (Å²) in [5.41, 5.74) is 0.979. The summed E-state index contributed by atoms with van der Waals surface area (Å²) in [6.45, 7) is 1.52. The Bertz CT molecular complexity index is 488. The highest BCUT2D eigenvalue weighted by Crippen LogP contribution is 2.34. The zero-order valence-electron chi connectivity index (χ0n) is 10.2. The normalized spacial score (nSPS) is 22.7. The number of ether oxygens (including phenoxy) is 3. The van der Waals surface area contributed by atoms with E-state index in [2.05, 4.69) is 21.2 Å². The monoisotopic (exact) mass is 327 g/mol. The lowest BCUT2D eigenvalue weighted by Crippen LogP contribution is -2.39. The van der Waals surface area contributed by atoms with Gasteiger partial charge >= 0.3 is 0 Å². The molecule has 0 aliphatic carbocycles. The van der Waals surface area contributed by atoms with E-state index in [1.54, 1.807) is 0 Å². The van der Waals surface area contributed by atoms with E-state index in [1.807, 2.05) is 18.2 Å². The number of amides is 1. The highest BCUT2D eigenvalue weighted by Gasteiger charge is 2.29. The van der Waals surface area contributed by atoms with Crippen molar-refractivity contribution in [2.75, 3.05) is 19.8 Å². The van der Waals surface area contributed by atoms with Gasteiger partial charge in [-0.05, 0) is 18.2 Å². The van der Waals surface area contributed by atoms with E-state index < -0.39 is 6.29 Å². The van der Waals surface area contributed by atoms with Gasteiger partial charge in [0.2, 0.25) is 6.29 Å². The van der Waals surface area contributed by atoms with Gasteiger partial charge in [0.15, 0.2) is 0 Å². The number of halogens is 1. The molecule has 0 saturated carbocycles. The van der Waals surface area contributed by atoms with Crippen LogP contribution in [0, 0.1) is 0 Å². The van der Waals surface area contributed by atoms with Crippen LogP contribution in [-0.2, 0) is 14.3 Å². The first kappa shape index (κ1) is 12.9. The summed E-state index contributed by atoms with van der Waals surface area (Å²) >= 11 is 3.43. The maximum atomic E-state index is 12.0. The Morgan fingerprint density at radius 1 is 1.26 bits per heavy atom. The molecular formula is C13H14BrNO4. The summed E-state index contributed by atoms with van der Waals surface area (Å²) in [6.07, 6.45) is -0.0412. The van der Waals surface area contributed by atoms with Gasteiger partial charge in [-0.3, -0.25) is 4.79 Å². The largest absolute Gasteiger partial charge is 0.493 e. The third-order valence-corrected chi connectivity index (χ3v) is 3.66. The fourth-order valence-corrected chi connectivity index (χ4v) is 2.64. The topological polar surface area (TPSA) is 56.8 Å². The van der Waals surface area contributed by atoms with E-state index in [9.17, 15) is 4.79 Å². The lowest BCUT2D eigenvalue weighted by Gasteiger charge is -2.27. The Labute approximate surface area is 119 Å². The Balaban J connectivity index is 1.75. The Morgan fingerprint density at radius 3 is 2.84 bits per heavy atom. The molecule has 0 bridgehead atoms. The van der Waals surface area contributed by atoms with Gasteiger partial charge in [-0.1, -0.05) is 15.9 Å². The second kappa shape index (κ2) is 5.48.